The number of imide groups is 1. The van der Waals surface area contributed by atoms with Crippen molar-refractivity contribution in [2.24, 2.45) is 17.6 Å². The summed E-state index contributed by atoms with van der Waals surface area (Å²) in [6, 6.07) is 14.4. The first-order valence-electron chi connectivity index (χ1n) is 10.7. The number of carbonyl (C=O) groups excluding carboxylic acids is 4. The highest BCUT2D eigenvalue weighted by atomic mass is 16.2. The number of anilines is 1. The first-order chi connectivity index (χ1) is 15.3. The van der Waals surface area contributed by atoms with E-state index < -0.39 is 29.3 Å². The monoisotopic (exact) mass is 432 g/mol. The lowest BCUT2D eigenvalue weighted by Crippen LogP contribution is -2.53. The highest BCUT2D eigenvalue weighted by Gasteiger charge is 2.70. The van der Waals surface area contributed by atoms with Crippen LogP contribution in [0.25, 0.3) is 0 Å². The van der Waals surface area contributed by atoms with Crippen molar-refractivity contribution in [1.82, 2.24) is 10.2 Å². The lowest BCUT2D eigenvalue weighted by molar-refractivity contribution is -0.142. The molecule has 2 aromatic rings. The molecule has 2 fully saturated rings. The third-order valence-corrected chi connectivity index (χ3v) is 6.85. The Hall–Kier alpha value is -3.52. The van der Waals surface area contributed by atoms with E-state index in [4.69, 9.17) is 5.73 Å². The smallest absolute Gasteiger partial charge is 0.250 e. The molecule has 0 radical (unpaired) electrons. The number of nitrogens with two attached hydrogens (primary N) is 1. The highest BCUT2D eigenvalue weighted by Crippen LogP contribution is 2.53. The van der Waals surface area contributed by atoms with E-state index in [-0.39, 0.29) is 30.7 Å². The Morgan fingerprint density at radius 2 is 1.84 bits per heavy atom. The molecule has 4 amide bonds. The van der Waals surface area contributed by atoms with Gasteiger partial charge in [0.05, 0.1) is 11.8 Å². The van der Waals surface area contributed by atoms with E-state index in [0.717, 1.165) is 11.1 Å². The van der Waals surface area contributed by atoms with Gasteiger partial charge in [0.2, 0.25) is 23.6 Å². The van der Waals surface area contributed by atoms with Gasteiger partial charge in [-0.15, -0.1) is 0 Å². The van der Waals surface area contributed by atoms with E-state index in [1.54, 1.807) is 6.07 Å². The van der Waals surface area contributed by atoms with Gasteiger partial charge in [-0.25, -0.2) is 0 Å². The Balaban J connectivity index is 1.55. The van der Waals surface area contributed by atoms with Gasteiger partial charge in [-0.3, -0.25) is 29.4 Å². The number of fused-ring (bicyclic) bond motifs is 4. The van der Waals surface area contributed by atoms with Crippen LogP contribution in [0.5, 0.6) is 0 Å². The Kier molecular flexibility index (Phi) is 4.63. The third-order valence-electron chi connectivity index (χ3n) is 6.85. The zero-order valence-corrected chi connectivity index (χ0v) is 17.6. The SMILES string of the molecule is Cc1ccc2c(c1)[C@]1(N[C@H](CC(N)=O)[C@H]3C(=O)N(CCc4ccccc4)C(=O)[C@H]31)C(=O)N2. The van der Waals surface area contributed by atoms with Crippen molar-refractivity contribution in [3.05, 3.63) is 65.2 Å². The van der Waals surface area contributed by atoms with E-state index in [1.807, 2.05) is 49.4 Å². The van der Waals surface area contributed by atoms with Gasteiger partial charge < -0.3 is 11.1 Å². The van der Waals surface area contributed by atoms with Crippen molar-refractivity contribution < 1.29 is 19.2 Å². The van der Waals surface area contributed by atoms with Crippen LogP contribution < -0.4 is 16.4 Å². The summed E-state index contributed by atoms with van der Waals surface area (Å²) in [6.45, 7) is 2.12. The largest absolute Gasteiger partial charge is 0.370 e. The van der Waals surface area contributed by atoms with E-state index in [9.17, 15) is 19.2 Å². The number of primary amides is 1. The van der Waals surface area contributed by atoms with E-state index >= 15 is 0 Å². The first kappa shape index (κ1) is 20.4. The molecule has 32 heavy (non-hydrogen) atoms. The molecule has 8 nitrogen and oxygen atoms in total. The molecule has 3 heterocycles. The molecule has 5 rings (SSSR count). The minimum Gasteiger partial charge on any atom is -0.370 e. The van der Waals surface area contributed by atoms with E-state index in [0.29, 0.717) is 17.7 Å². The summed E-state index contributed by atoms with van der Waals surface area (Å²) >= 11 is 0. The fraction of sp³-hybridized carbons (Fsp3) is 0.333. The number of amides is 4. The van der Waals surface area contributed by atoms with Gasteiger partial charge in [-0.05, 0) is 25.0 Å². The second-order valence-corrected chi connectivity index (χ2v) is 8.80. The Morgan fingerprint density at radius 3 is 2.56 bits per heavy atom. The fourth-order valence-corrected chi connectivity index (χ4v) is 5.47. The number of nitrogens with zero attached hydrogens (tertiary/aromatic N) is 1. The maximum Gasteiger partial charge on any atom is 0.250 e. The molecule has 3 aliphatic heterocycles. The minimum atomic E-state index is -1.40. The van der Waals surface area contributed by atoms with Crippen LogP contribution in [0.4, 0.5) is 5.69 Å². The zero-order valence-electron chi connectivity index (χ0n) is 17.6. The van der Waals surface area contributed by atoms with Crippen molar-refractivity contribution in [3.8, 4) is 0 Å². The highest BCUT2D eigenvalue weighted by molar-refractivity contribution is 6.15. The topological polar surface area (TPSA) is 122 Å². The quantitative estimate of drug-likeness (QED) is 0.605. The molecule has 164 valence electrons. The fourth-order valence-electron chi connectivity index (χ4n) is 5.47. The Labute approximate surface area is 185 Å². The van der Waals surface area contributed by atoms with Gasteiger partial charge in [0.15, 0.2) is 0 Å². The number of hydrogen-bond acceptors (Lipinski definition) is 5. The summed E-state index contributed by atoms with van der Waals surface area (Å²) < 4.78 is 0. The predicted octanol–water partition coefficient (Wildman–Crippen LogP) is 0.834. The summed E-state index contributed by atoms with van der Waals surface area (Å²) in [7, 11) is 0. The molecule has 2 saturated heterocycles. The maximum atomic E-state index is 13.6. The van der Waals surface area contributed by atoms with Gasteiger partial charge >= 0.3 is 0 Å². The number of likely N-dealkylation sites (tertiary alicyclic amines) is 1. The molecule has 2 aromatic carbocycles. The third kappa shape index (κ3) is 2.86. The Morgan fingerprint density at radius 1 is 1.09 bits per heavy atom. The minimum absolute atomic E-state index is 0.136. The van der Waals surface area contributed by atoms with Gasteiger partial charge in [-0.2, -0.15) is 0 Å². The van der Waals surface area contributed by atoms with Crippen LogP contribution in [-0.2, 0) is 31.1 Å². The van der Waals surface area contributed by atoms with Gasteiger partial charge in [0, 0.05) is 30.3 Å². The number of aryl methyl sites for hydroxylation is 1. The lowest BCUT2D eigenvalue weighted by atomic mass is 9.76. The zero-order chi connectivity index (χ0) is 22.6. The summed E-state index contributed by atoms with van der Waals surface area (Å²) in [5.74, 6) is -3.49. The first-order valence-corrected chi connectivity index (χ1v) is 10.7. The molecule has 4 N–H and O–H groups in total. The van der Waals surface area contributed by atoms with Crippen molar-refractivity contribution in [2.45, 2.75) is 31.3 Å². The molecule has 0 aliphatic carbocycles. The van der Waals surface area contributed by atoms with E-state index in [1.165, 1.54) is 4.90 Å². The molecular formula is C24H24N4O4. The predicted molar refractivity (Wildman–Crippen MR) is 116 cm³/mol. The normalized spacial score (nSPS) is 28.2. The van der Waals surface area contributed by atoms with Crippen LogP contribution in [0.1, 0.15) is 23.1 Å². The van der Waals surface area contributed by atoms with Crippen LogP contribution in [0.2, 0.25) is 0 Å². The summed E-state index contributed by atoms with van der Waals surface area (Å²) in [6.07, 6.45) is 0.378. The number of benzene rings is 2. The number of rotatable bonds is 5. The van der Waals surface area contributed by atoms with E-state index in [2.05, 4.69) is 10.6 Å². The molecule has 0 aromatic heterocycles. The average molecular weight is 432 g/mol. The number of hydrogen-bond donors (Lipinski definition) is 3. The lowest BCUT2D eigenvalue weighted by Gasteiger charge is -2.29. The summed E-state index contributed by atoms with van der Waals surface area (Å²) in [5, 5.41) is 6.06. The van der Waals surface area contributed by atoms with Crippen molar-refractivity contribution >= 4 is 29.3 Å². The molecule has 4 atom stereocenters. The molecule has 0 saturated carbocycles. The maximum absolute atomic E-state index is 13.6. The van der Waals surface area contributed by atoms with Crippen molar-refractivity contribution in [1.29, 1.82) is 0 Å². The number of nitrogens with one attached hydrogen (secondary N) is 2. The molecule has 0 unspecified atom stereocenters. The second kappa shape index (κ2) is 7.27. The van der Waals surface area contributed by atoms with Crippen LogP contribution >= 0.6 is 0 Å². The summed E-state index contributed by atoms with van der Waals surface area (Å²) in [5.41, 5.74) is 7.22. The molecule has 3 aliphatic rings. The Bertz CT molecular complexity index is 1150. The average Bonchev–Trinajstić information content (AvgIpc) is 3.32. The van der Waals surface area contributed by atoms with Crippen molar-refractivity contribution in [3.63, 3.8) is 0 Å². The van der Waals surface area contributed by atoms with Crippen LogP contribution in [0, 0.1) is 18.8 Å². The van der Waals surface area contributed by atoms with Gasteiger partial charge in [0.25, 0.3) is 0 Å². The molecule has 1 spiro atoms. The number of carbonyl (C=O) groups is 4. The van der Waals surface area contributed by atoms with Crippen LogP contribution in [-0.4, -0.2) is 41.1 Å². The molecule has 0 bridgehead atoms. The standard InChI is InChI=1S/C24H24N4O4/c1-13-7-8-16-15(11-13)24(23(32)26-16)20-19(17(27-24)12-18(25)29)21(30)28(22(20)31)10-9-14-5-3-2-4-6-14/h2-8,11,17,19-20,27H,9-10,12H2,1H3,(H2,25,29)(H,26,32)/t17-,19-,20+,24-/m1/s1. The van der Waals surface area contributed by atoms with Crippen LogP contribution in [0.3, 0.4) is 0 Å². The molecular weight excluding hydrogens is 408 g/mol. The second-order valence-electron chi connectivity index (χ2n) is 8.80. The van der Waals surface area contributed by atoms with Crippen molar-refractivity contribution in [2.75, 3.05) is 11.9 Å². The van der Waals surface area contributed by atoms with Gasteiger partial charge in [0.1, 0.15) is 5.54 Å². The summed E-state index contributed by atoms with van der Waals surface area (Å²) in [4.78, 5) is 53.4. The van der Waals surface area contributed by atoms with Crippen LogP contribution in [0.15, 0.2) is 48.5 Å². The van der Waals surface area contributed by atoms with Gasteiger partial charge in [-0.1, -0.05) is 48.0 Å². The molecule has 8 heteroatoms.